The number of hydrogen-bond donors (Lipinski definition) is 2. The molecule has 0 aliphatic carbocycles. The Morgan fingerprint density at radius 2 is 1.77 bits per heavy atom. The summed E-state index contributed by atoms with van der Waals surface area (Å²) in [6.45, 7) is 3.84. The molecule has 10 heteroatoms. The van der Waals surface area contributed by atoms with Crippen molar-refractivity contribution in [3.8, 4) is 5.75 Å². The Hall–Kier alpha value is -1.98. The minimum absolute atomic E-state index is 0. The average Bonchev–Trinajstić information content (AvgIpc) is 3.16. The minimum Gasteiger partial charge on any atom is -0.484 e. The maximum Gasteiger partial charge on any atom is 0.422 e. The second kappa shape index (κ2) is 12.7. The fraction of sp³-hybridized carbons (Fsp3) is 0.500. The number of ether oxygens (including phenoxy) is 1. The van der Waals surface area contributed by atoms with Crippen LogP contribution in [0.4, 0.5) is 13.2 Å². The van der Waals surface area contributed by atoms with E-state index in [0.29, 0.717) is 25.0 Å². The number of hydrogen-bond acceptors (Lipinski definition) is 4. The van der Waals surface area contributed by atoms with Gasteiger partial charge in [0.25, 0.3) is 0 Å². The fourth-order valence-electron chi connectivity index (χ4n) is 2.76. The number of guanidine groups is 1. The van der Waals surface area contributed by atoms with Gasteiger partial charge < -0.3 is 19.9 Å². The number of rotatable bonds is 9. The van der Waals surface area contributed by atoms with Crippen molar-refractivity contribution in [2.24, 2.45) is 4.99 Å². The first-order chi connectivity index (χ1) is 13.8. The summed E-state index contributed by atoms with van der Waals surface area (Å²) in [5, 5.41) is 10.4. The SMILES string of the molecule is CCC(CC)c1cc(CNC(=NC)NCc2ccc(OCC(F)(F)F)cc2)on1.I. The van der Waals surface area contributed by atoms with Crippen LogP contribution in [0.3, 0.4) is 0 Å². The van der Waals surface area contributed by atoms with E-state index in [4.69, 9.17) is 9.26 Å². The summed E-state index contributed by atoms with van der Waals surface area (Å²) in [5.74, 6) is 1.86. The Morgan fingerprint density at radius 1 is 1.13 bits per heavy atom. The van der Waals surface area contributed by atoms with Crippen molar-refractivity contribution in [2.45, 2.75) is 51.9 Å². The molecule has 0 aliphatic rings. The maximum atomic E-state index is 12.2. The van der Waals surface area contributed by atoms with Crippen LogP contribution in [0.15, 0.2) is 39.8 Å². The van der Waals surface area contributed by atoms with Gasteiger partial charge in [-0.2, -0.15) is 13.2 Å². The van der Waals surface area contributed by atoms with Crippen LogP contribution in [-0.4, -0.2) is 30.9 Å². The number of nitrogens with one attached hydrogen (secondary N) is 2. The van der Waals surface area contributed by atoms with Crippen LogP contribution < -0.4 is 15.4 Å². The van der Waals surface area contributed by atoms with E-state index in [9.17, 15) is 13.2 Å². The second-order valence-electron chi connectivity index (χ2n) is 6.56. The average molecular weight is 540 g/mol. The normalized spacial score (nSPS) is 11.9. The van der Waals surface area contributed by atoms with E-state index in [1.165, 1.54) is 12.1 Å². The summed E-state index contributed by atoms with van der Waals surface area (Å²) in [6, 6.07) is 8.37. The smallest absolute Gasteiger partial charge is 0.422 e. The molecule has 2 aromatic rings. The van der Waals surface area contributed by atoms with Crippen LogP contribution in [-0.2, 0) is 13.1 Å². The van der Waals surface area contributed by atoms with E-state index < -0.39 is 12.8 Å². The van der Waals surface area contributed by atoms with Crippen LogP contribution in [0, 0.1) is 0 Å². The Morgan fingerprint density at radius 3 is 2.33 bits per heavy atom. The maximum absolute atomic E-state index is 12.2. The molecule has 0 fully saturated rings. The van der Waals surface area contributed by atoms with Gasteiger partial charge >= 0.3 is 6.18 Å². The van der Waals surface area contributed by atoms with Crippen molar-refractivity contribution < 1.29 is 22.4 Å². The van der Waals surface area contributed by atoms with Crippen molar-refractivity contribution in [1.29, 1.82) is 0 Å². The van der Waals surface area contributed by atoms with Gasteiger partial charge in [0.2, 0.25) is 0 Å². The highest BCUT2D eigenvalue weighted by molar-refractivity contribution is 14.0. The quantitative estimate of drug-likeness (QED) is 0.266. The van der Waals surface area contributed by atoms with E-state index in [1.807, 2.05) is 6.07 Å². The molecular weight excluding hydrogens is 512 g/mol. The molecule has 0 saturated heterocycles. The lowest BCUT2D eigenvalue weighted by Gasteiger charge is -2.12. The van der Waals surface area contributed by atoms with Gasteiger partial charge in [-0.25, -0.2) is 0 Å². The van der Waals surface area contributed by atoms with Crippen molar-refractivity contribution >= 4 is 29.9 Å². The molecule has 2 N–H and O–H groups in total. The monoisotopic (exact) mass is 540 g/mol. The van der Waals surface area contributed by atoms with Gasteiger partial charge in [0.15, 0.2) is 18.3 Å². The molecule has 6 nitrogen and oxygen atoms in total. The van der Waals surface area contributed by atoms with Gasteiger partial charge in [-0.1, -0.05) is 31.1 Å². The van der Waals surface area contributed by atoms with E-state index in [-0.39, 0.29) is 29.7 Å². The standard InChI is InChI=1S/C20H27F3N4O2.HI/c1-4-15(5-2)18-10-17(29-27-18)12-26-19(24-3)25-11-14-6-8-16(9-7-14)28-13-20(21,22)23;/h6-10,15H,4-5,11-13H2,1-3H3,(H2,24,25,26);1H. The summed E-state index contributed by atoms with van der Waals surface area (Å²) in [5.41, 5.74) is 1.84. The number of alkyl halides is 3. The zero-order valence-corrected chi connectivity index (χ0v) is 19.6. The van der Waals surface area contributed by atoms with Crippen molar-refractivity contribution in [1.82, 2.24) is 15.8 Å². The number of halogens is 4. The Kier molecular flexibility index (Phi) is 11.0. The topological polar surface area (TPSA) is 71.7 Å². The molecule has 1 aromatic heterocycles. The predicted octanol–water partition coefficient (Wildman–Crippen LogP) is 5.00. The lowest BCUT2D eigenvalue weighted by molar-refractivity contribution is -0.153. The molecule has 0 bridgehead atoms. The lowest BCUT2D eigenvalue weighted by atomic mass is 9.99. The number of benzene rings is 1. The summed E-state index contributed by atoms with van der Waals surface area (Å²) in [4.78, 5) is 4.15. The highest BCUT2D eigenvalue weighted by Crippen LogP contribution is 2.22. The molecule has 1 aromatic carbocycles. The van der Waals surface area contributed by atoms with Crippen molar-refractivity contribution in [3.63, 3.8) is 0 Å². The van der Waals surface area contributed by atoms with E-state index in [1.54, 1.807) is 19.2 Å². The second-order valence-corrected chi connectivity index (χ2v) is 6.56. The third-order valence-electron chi connectivity index (χ3n) is 4.42. The third-order valence-corrected chi connectivity index (χ3v) is 4.42. The zero-order valence-electron chi connectivity index (χ0n) is 17.3. The first-order valence-electron chi connectivity index (χ1n) is 9.53. The number of nitrogens with zero attached hydrogens (tertiary/aromatic N) is 2. The first kappa shape index (κ1) is 26.1. The molecule has 0 amide bonds. The summed E-state index contributed by atoms with van der Waals surface area (Å²) in [6.07, 6.45) is -2.32. The third kappa shape index (κ3) is 8.80. The first-order valence-corrected chi connectivity index (χ1v) is 9.53. The van der Waals surface area contributed by atoms with E-state index >= 15 is 0 Å². The van der Waals surface area contributed by atoms with Crippen LogP contribution in [0.1, 0.15) is 49.6 Å². The zero-order chi connectivity index (χ0) is 21.3. The Bertz CT molecular complexity index is 775. The molecule has 168 valence electrons. The minimum atomic E-state index is -4.35. The summed E-state index contributed by atoms with van der Waals surface area (Å²) < 4.78 is 46.6. The van der Waals surface area contributed by atoms with Crippen molar-refractivity contribution in [2.75, 3.05) is 13.7 Å². The number of aliphatic imine (C=N–C) groups is 1. The van der Waals surface area contributed by atoms with Gasteiger partial charge in [0, 0.05) is 25.6 Å². The van der Waals surface area contributed by atoms with Crippen LogP contribution in [0.5, 0.6) is 5.75 Å². The molecule has 0 radical (unpaired) electrons. The lowest BCUT2D eigenvalue weighted by Crippen LogP contribution is -2.36. The molecule has 0 spiro atoms. The van der Waals surface area contributed by atoms with Crippen LogP contribution in [0.2, 0.25) is 0 Å². The highest BCUT2D eigenvalue weighted by Gasteiger charge is 2.28. The summed E-state index contributed by atoms with van der Waals surface area (Å²) in [7, 11) is 1.65. The van der Waals surface area contributed by atoms with E-state index in [0.717, 1.165) is 29.9 Å². The Balaban J connectivity index is 0.00000450. The van der Waals surface area contributed by atoms with Gasteiger partial charge in [-0.15, -0.1) is 24.0 Å². The predicted molar refractivity (Wildman–Crippen MR) is 120 cm³/mol. The van der Waals surface area contributed by atoms with E-state index in [2.05, 4.69) is 34.6 Å². The van der Waals surface area contributed by atoms with Gasteiger partial charge in [-0.3, -0.25) is 4.99 Å². The largest absolute Gasteiger partial charge is 0.484 e. The van der Waals surface area contributed by atoms with Gasteiger partial charge in [-0.05, 0) is 30.5 Å². The van der Waals surface area contributed by atoms with Crippen LogP contribution >= 0.6 is 24.0 Å². The fourth-order valence-corrected chi connectivity index (χ4v) is 2.76. The molecule has 2 rings (SSSR count). The van der Waals surface area contributed by atoms with Gasteiger partial charge in [0.05, 0.1) is 12.2 Å². The molecule has 0 aliphatic heterocycles. The highest BCUT2D eigenvalue weighted by atomic mass is 127. The van der Waals surface area contributed by atoms with Crippen LogP contribution in [0.25, 0.3) is 0 Å². The number of aromatic nitrogens is 1. The Labute approximate surface area is 191 Å². The van der Waals surface area contributed by atoms with Crippen molar-refractivity contribution in [3.05, 3.63) is 47.3 Å². The molecular formula is C20H28F3IN4O2. The molecule has 1 heterocycles. The van der Waals surface area contributed by atoms with Gasteiger partial charge in [0.1, 0.15) is 5.75 Å². The summed E-state index contributed by atoms with van der Waals surface area (Å²) >= 11 is 0. The molecule has 0 saturated carbocycles. The molecule has 0 atom stereocenters. The molecule has 0 unspecified atom stereocenters. The molecule has 30 heavy (non-hydrogen) atoms.